The first kappa shape index (κ1) is 27.1. The van der Waals surface area contributed by atoms with Gasteiger partial charge < -0.3 is 10.2 Å². The summed E-state index contributed by atoms with van der Waals surface area (Å²) in [4.78, 5) is 28.6. The van der Waals surface area contributed by atoms with Crippen molar-refractivity contribution in [2.24, 2.45) is 0 Å². The Morgan fingerprint density at radius 1 is 0.943 bits per heavy atom. The van der Waals surface area contributed by atoms with Crippen molar-refractivity contribution in [3.8, 4) is 0 Å². The SMILES string of the molecule is CCCNC(=O)[C@@H](Cc1ccccc1)N(Cc1ccccc1Cl)C(=O)CSCc1cccc(Cl)c1. The summed E-state index contributed by atoms with van der Waals surface area (Å²) >= 11 is 14.0. The quantitative estimate of drug-likeness (QED) is 0.296. The van der Waals surface area contributed by atoms with Gasteiger partial charge in [0.1, 0.15) is 6.04 Å². The van der Waals surface area contributed by atoms with Crippen molar-refractivity contribution in [2.45, 2.75) is 38.1 Å². The summed E-state index contributed by atoms with van der Waals surface area (Å²) in [5, 5.41) is 4.23. The minimum Gasteiger partial charge on any atom is -0.354 e. The second kappa shape index (κ2) is 14.2. The lowest BCUT2D eigenvalue weighted by Gasteiger charge is -2.31. The zero-order valence-electron chi connectivity index (χ0n) is 19.8. The fourth-order valence-corrected chi connectivity index (χ4v) is 4.96. The monoisotopic (exact) mass is 528 g/mol. The number of amides is 2. The molecule has 1 atom stereocenters. The highest BCUT2D eigenvalue weighted by Crippen LogP contribution is 2.22. The first-order chi connectivity index (χ1) is 17.0. The van der Waals surface area contributed by atoms with E-state index in [0.29, 0.717) is 28.8 Å². The topological polar surface area (TPSA) is 49.4 Å². The highest BCUT2D eigenvalue weighted by Gasteiger charge is 2.30. The maximum atomic E-state index is 13.6. The Hall–Kier alpha value is -2.47. The number of carbonyl (C=O) groups excluding carboxylic acids is 2. The average Bonchev–Trinajstić information content (AvgIpc) is 2.86. The molecule has 1 N–H and O–H groups in total. The molecule has 0 saturated carbocycles. The van der Waals surface area contributed by atoms with Crippen molar-refractivity contribution in [1.82, 2.24) is 10.2 Å². The molecule has 3 rings (SSSR count). The van der Waals surface area contributed by atoms with Crippen molar-refractivity contribution in [3.05, 3.63) is 106 Å². The van der Waals surface area contributed by atoms with E-state index in [1.165, 1.54) is 11.8 Å². The Bertz CT molecular complexity index is 1110. The number of rotatable bonds is 12. The molecule has 0 fully saturated rings. The molecule has 0 heterocycles. The first-order valence-corrected chi connectivity index (χ1v) is 13.6. The van der Waals surface area contributed by atoms with Crippen molar-refractivity contribution in [3.63, 3.8) is 0 Å². The summed E-state index contributed by atoms with van der Waals surface area (Å²) in [6.45, 7) is 2.82. The van der Waals surface area contributed by atoms with Crippen molar-refractivity contribution in [2.75, 3.05) is 12.3 Å². The average molecular weight is 530 g/mol. The molecule has 184 valence electrons. The highest BCUT2D eigenvalue weighted by atomic mass is 35.5. The molecule has 0 aliphatic carbocycles. The largest absolute Gasteiger partial charge is 0.354 e. The molecule has 0 aliphatic rings. The Labute approximate surface area is 222 Å². The summed E-state index contributed by atoms with van der Waals surface area (Å²) in [6, 6.07) is 24.2. The van der Waals surface area contributed by atoms with Gasteiger partial charge in [0, 0.05) is 35.3 Å². The molecule has 0 saturated heterocycles. The molecule has 35 heavy (non-hydrogen) atoms. The van der Waals surface area contributed by atoms with Crippen LogP contribution in [0.3, 0.4) is 0 Å². The van der Waals surface area contributed by atoms with E-state index in [-0.39, 0.29) is 24.1 Å². The van der Waals surface area contributed by atoms with E-state index in [1.807, 2.05) is 79.7 Å². The van der Waals surface area contributed by atoms with Crippen LogP contribution in [0.15, 0.2) is 78.9 Å². The molecule has 0 aliphatic heterocycles. The molecule has 0 bridgehead atoms. The second-order valence-electron chi connectivity index (χ2n) is 8.23. The van der Waals surface area contributed by atoms with Gasteiger partial charge in [-0.1, -0.05) is 90.8 Å². The normalized spacial score (nSPS) is 11.6. The van der Waals surface area contributed by atoms with Gasteiger partial charge in [0.25, 0.3) is 0 Å². The molecule has 0 unspecified atom stereocenters. The molecule has 0 aromatic heterocycles. The summed E-state index contributed by atoms with van der Waals surface area (Å²) in [7, 11) is 0. The van der Waals surface area contributed by atoms with E-state index in [9.17, 15) is 9.59 Å². The van der Waals surface area contributed by atoms with E-state index in [1.54, 1.807) is 11.0 Å². The Balaban J connectivity index is 1.84. The molecular formula is C28H30Cl2N2O2S. The Morgan fingerprint density at radius 3 is 2.37 bits per heavy atom. The van der Waals surface area contributed by atoms with Gasteiger partial charge in [-0.3, -0.25) is 9.59 Å². The minimum atomic E-state index is -0.653. The Kier molecular flexibility index (Phi) is 11.0. The third-order valence-corrected chi connectivity index (χ3v) is 7.09. The molecular weight excluding hydrogens is 499 g/mol. The summed E-state index contributed by atoms with van der Waals surface area (Å²) in [5.74, 6) is 0.626. The van der Waals surface area contributed by atoms with E-state index in [4.69, 9.17) is 23.2 Å². The number of halogens is 2. The third-order valence-electron chi connectivity index (χ3n) is 5.50. The number of hydrogen-bond acceptors (Lipinski definition) is 3. The number of nitrogens with zero attached hydrogens (tertiary/aromatic N) is 1. The van der Waals surface area contributed by atoms with Crippen LogP contribution in [-0.4, -0.2) is 35.1 Å². The van der Waals surface area contributed by atoms with Crippen LogP contribution in [0.25, 0.3) is 0 Å². The molecule has 0 spiro atoms. The van der Waals surface area contributed by atoms with Crippen LogP contribution in [0, 0.1) is 0 Å². The van der Waals surface area contributed by atoms with E-state index >= 15 is 0 Å². The van der Waals surface area contributed by atoms with Crippen molar-refractivity contribution in [1.29, 1.82) is 0 Å². The van der Waals surface area contributed by atoms with Crippen LogP contribution in [0.4, 0.5) is 0 Å². The standard InChI is InChI=1S/C28H30Cl2N2O2S/c1-2-15-31-28(34)26(17-21-9-4-3-5-10-21)32(18-23-12-6-7-14-25(23)30)27(33)20-35-19-22-11-8-13-24(29)16-22/h3-14,16,26H,2,15,17-20H2,1H3,(H,31,34)/t26-/m1/s1. The smallest absolute Gasteiger partial charge is 0.243 e. The third kappa shape index (κ3) is 8.60. The van der Waals surface area contributed by atoms with Crippen LogP contribution < -0.4 is 5.32 Å². The van der Waals surface area contributed by atoms with Crippen LogP contribution in [0.5, 0.6) is 0 Å². The van der Waals surface area contributed by atoms with Crippen molar-refractivity contribution < 1.29 is 9.59 Å². The van der Waals surface area contributed by atoms with Crippen LogP contribution in [0.1, 0.15) is 30.0 Å². The molecule has 7 heteroatoms. The lowest BCUT2D eigenvalue weighted by molar-refractivity contribution is -0.139. The maximum Gasteiger partial charge on any atom is 0.243 e. The predicted molar refractivity (Wildman–Crippen MR) is 147 cm³/mol. The summed E-state index contributed by atoms with van der Waals surface area (Å²) in [6.07, 6.45) is 1.24. The van der Waals surface area contributed by atoms with Gasteiger partial charge >= 0.3 is 0 Å². The molecule has 0 radical (unpaired) electrons. The number of benzene rings is 3. The zero-order chi connectivity index (χ0) is 25.0. The predicted octanol–water partition coefficient (Wildman–Crippen LogP) is 6.39. The zero-order valence-corrected chi connectivity index (χ0v) is 22.1. The fraction of sp³-hybridized carbons (Fsp3) is 0.286. The molecule has 4 nitrogen and oxygen atoms in total. The summed E-state index contributed by atoms with van der Waals surface area (Å²) in [5.41, 5.74) is 2.85. The number of hydrogen-bond donors (Lipinski definition) is 1. The van der Waals surface area contributed by atoms with Gasteiger partial charge in [0.15, 0.2) is 0 Å². The minimum absolute atomic E-state index is 0.107. The van der Waals surface area contributed by atoms with Crippen molar-refractivity contribution >= 4 is 46.8 Å². The second-order valence-corrected chi connectivity index (χ2v) is 10.1. The van der Waals surface area contributed by atoms with Gasteiger partial charge in [-0.15, -0.1) is 11.8 Å². The van der Waals surface area contributed by atoms with Gasteiger partial charge in [0.05, 0.1) is 5.75 Å². The van der Waals surface area contributed by atoms with Crippen LogP contribution in [0.2, 0.25) is 10.0 Å². The first-order valence-electron chi connectivity index (χ1n) is 11.6. The van der Waals surface area contributed by atoms with E-state index in [2.05, 4.69) is 5.32 Å². The summed E-state index contributed by atoms with van der Waals surface area (Å²) < 4.78 is 0. The number of nitrogens with one attached hydrogen (secondary N) is 1. The van der Waals surface area contributed by atoms with Gasteiger partial charge in [0.2, 0.25) is 11.8 Å². The lowest BCUT2D eigenvalue weighted by atomic mass is 10.0. The molecule has 3 aromatic rings. The van der Waals surface area contributed by atoms with E-state index < -0.39 is 6.04 Å². The number of carbonyl (C=O) groups is 2. The highest BCUT2D eigenvalue weighted by molar-refractivity contribution is 7.99. The van der Waals surface area contributed by atoms with Gasteiger partial charge in [-0.05, 0) is 41.3 Å². The molecule has 2 amide bonds. The van der Waals surface area contributed by atoms with Gasteiger partial charge in [-0.2, -0.15) is 0 Å². The molecule has 3 aromatic carbocycles. The Morgan fingerprint density at radius 2 is 1.66 bits per heavy atom. The van der Waals surface area contributed by atoms with E-state index in [0.717, 1.165) is 23.1 Å². The lowest BCUT2D eigenvalue weighted by Crippen LogP contribution is -2.51. The van der Waals surface area contributed by atoms with Crippen LogP contribution >= 0.6 is 35.0 Å². The van der Waals surface area contributed by atoms with Gasteiger partial charge in [-0.25, -0.2) is 0 Å². The van der Waals surface area contributed by atoms with Crippen LogP contribution in [-0.2, 0) is 28.3 Å². The number of thioether (sulfide) groups is 1. The fourth-order valence-electron chi connectivity index (χ4n) is 3.70. The maximum absolute atomic E-state index is 13.6.